The van der Waals surface area contributed by atoms with E-state index in [0.29, 0.717) is 18.0 Å². The van der Waals surface area contributed by atoms with Crippen molar-refractivity contribution < 1.29 is 9.90 Å². The molecule has 0 unspecified atom stereocenters. The summed E-state index contributed by atoms with van der Waals surface area (Å²) in [6.07, 6.45) is 2.50. The standard InChI is InChI=1S/C15H20ClN3O2/c1-3-4-5-11(15(20)21)17-9-14-18-12-8-10(16)6-7-13(12)19(14)2/h6-8,11,17H,3-5,9H2,1-2H3,(H,20,21)/t11-/m0/s1. The van der Waals surface area contributed by atoms with Gasteiger partial charge in [-0.3, -0.25) is 10.1 Å². The first-order valence-electron chi connectivity index (χ1n) is 7.10. The van der Waals surface area contributed by atoms with Crippen LogP contribution in [0.15, 0.2) is 18.2 Å². The molecule has 0 aliphatic rings. The second-order valence-corrected chi connectivity index (χ2v) is 5.57. The zero-order chi connectivity index (χ0) is 15.4. The van der Waals surface area contributed by atoms with Crippen LogP contribution in [0, 0.1) is 0 Å². The van der Waals surface area contributed by atoms with Crippen molar-refractivity contribution in [1.82, 2.24) is 14.9 Å². The molecule has 6 heteroatoms. The summed E-state index contributed by atoms with van der Waals surface area (Å²) < 4.78 is 1.96. The Morgan fingerprint density at radius 2 is 2.29 bits per heavy atom. The SMILES string of the molecule is CCCC[C@H](NCc1nc2cc(Cl)ccc2n1C)C(=O)O. The maximum Gasteiger partial charge on any atom is 0.320 e. The fraction of sp³-hybridized carbons (Fsp3) is 0.467. The smallest absolute Gasteiger partial charge is 0.320 e. The van der Waals surface area contributed by atoms with Gasteiger partial charge in [0.25, 0.3) is 0 Å². The van der Waals surface area contributed by atoms with Gasteiger partial charge in [-0.25, -0.2) is 4.98 Å². The van der Waals surface area contributed by atoms with E-state index >= 15 is 0 Å². The number of aliphatic carboxylic acids is 1. The van der Waals surface area contributed by atoms with Crippen molar-refractivity contribution in [3.8, 4) is 0 Å². The quantitative estimate of drug-likeness (QED) is 0.825. The summed E-state index contributed by atoms with van der Waals surface area (Å²) in [5.41, 5.74) is 1.80. The third-order valence-corrected chi connectivity index (χ3v) is 3.82. The average molecular weight is 310 g/mol. The van der Waals surface area contributed by atoms with Crippen molar-refractivity contribution in [2.24, 2.45) is 7.05 Å². The number of rotatable bonds is 7. The number of nitrogens with zero attached hydrogens (tertiary/aromatic N) is 2. The highest BCUT2D eigenvalue weighted by Crippen LogP contribution is 2.19. The fourth-order valence-electron chi connectivity index (χ4n) is 2.32. The number of fused-ring (bicyclic) bond motifs is 1. The van der Waals surface area contributed by atoms with Crippen LogP contribution in [-0.2, 0) is 18.4 Å². The van der Waals surface area contributed by atoms with E-state index in [1.165, 1.54) is 0 Å². The molecule has 21 heavy (non-hydrogen) atoms. The maximum atomic E-state index is 11.2. The number of halogens is 1. The first-order chi connectivity index (χ1) is 10.0. The molecule has 0 spiro atoms. The number of aryl methyl sites for hydroxylation is 1. The number of hydrogen-bond acceptors (Lipinski definition) is 3. The molecule has 1 aromatic heterocycles. The topological polar surface area (TPSA) is 67.2 Å². The molecule has 0 saturated heterocycles. The number of carboxylic acids is 1. The lowest BCUT2D eigenvalue weighted by Gasteiger charge is -2.13. The summed E-state index contributed by atoms with van der Waals surface area (Å²) in [7, 11) is 1.92. The molecule has 2 aromatic rings. The van der Waals surface area contributed by atoms with Gasteiger partial charge in [0.05, 0.1) is 17.6 Å². The monoisotopic (exact) mass is 309 g/mol. The zero-order valence-electron chi connectivity index (χ0n) is 12.3. The Morgan fingerprint density at radius 1 is 1.52 bits per heavy atom. The summed E-state index contributed by atoms with van der Waals surface area (Å²) in [5, 5.41) is 12.9. The van der Waals surface area contributed by atoms with Gasteiger partial charge in [0.1, 0.15) is 11.9 Å². The van der Waals surface area contributed by atoms with E-state index in [2.05, 4.69) is 10.3 Å². The van der Waals surface area contributed by atoms with Crippen LogP contribution in [-0.4, -0.2) is 26.7 Å². The summed E-state index contributed by atoms with van der Waals surface area (Å²) in [6, 6.07) is 5.02. The molecule has 2 rings (SSSR count). The van der Waals surface area contributed by atoms with Crippen molar-refractivity contribution in [3.05, 3.63) is 29.0 Å². The van der Waals surface area contributed by atoms with Crippen LogP contribution < -0.4 is 5.32 Å². The number of nitrogens with one attached hydrogen (secondary N) is 1. The molecule has 5 nitrogen and oxygen atoms in total. The second kappa shape index (κ2) is 6.91. The van der Waals surface area contributed by atoms with Crippen LogP contribution in [0.1, 0.15) is 32.0 Å². The summed E-state index contributed by atoms with van der Waals surface area (Å²) in [6.45, 7) is 2.47. The molecular formula is C15H20ClN3O2. The van der Waals surface area contributed by atoms with E-state index in [1.807, 2.05) is 36.7 Å². The highest BCUT2D eigenvalue weighted by atomic mass is 35.5. The number of benzene rings is 1. The van der Waals surface area contributed by atoms with Crippen LogP contribution in [0.25, 0.3) is 11.0 Å². The van der Waals surface area contributed by atoms with E-state index in [-0.39, 0.29) is 0 Å². The molecule has 0 aliphatic carbocycles. The summed E-state index contributed by atoms with van der Waals surface area (Å²) >= 11 is 5.96. The molecule has 2 N–H and O–H groups in total. The molecule has 114 valence electrons. The van der Waals surface area contributed by atoms with Gasteiger partial charge in [-0.15, -0.1) is 0 Å². The highest BCUT2D eigenvalue weighted by molar-refractivity contribution is 6.31. The Kier molecular flexibility index (Phi) is 5.20. The molecule has 1 atom stereocenters. The lowest BCUT2D eigenvalue weighted by atomic mass is 10.1. The predicted octanol–water partition coefficient (Wildman–Crippen LogP) is 2.96. The largest absolute Gasteiger partial charge is 0.480 e. The summed E-state index contributed by atoms with van der Waals surface area (Å²) in [4.78, 5) is 15.7. The minimum Gasteiger partial charge on any atom is -0.480 e. The van der Waals surface area contributed by atoms with Gasteiger partial charge in [0.2, 0.25) is 0 Å². The molecule has 0 fully saturated rings. The third kappa shape index (κ3) is 3.74. The van der Waals surface area contributed by atoms with Crippen LogP contribution >= 0.6 is 11.6 Å². The van der Waals surface area contributed by atoms with Crippen molar-refractivity contribution in [1.29, 1.82) is 0 Å². The number of carboxylic acid groups (broad SMARTS) is 1. The Labute approximate surface area is 128 Å². The molecule has 1 heterocycles. The zero-order valence-corrected chi connectivity index (χ0v) is 13.0. The number of hydrogen-bond donors (Lipinski definition) is 2. The molecule has 0 amide bonds. The van der Waals surface area contributed by atoms with Crippen molar-refractivity contribution in [3.63, 3.8) is 0 Å². The highest BCUT2D eigenvalue weighted by Gasteiger charge is 2.17. The average Bonchev–Trinajstić information content (AvgIpc) is 2.74. The number of aromatic nitrogens is 2. The Bertz CT molecular complexity index is 639. The molecule has 0 bridgehead atoms. The van der Waals surface area contributed by atoms with Gasteiger partial charge in [-0.1, -0.05) is 31.4 Å². The van der Waals surface area contributed by atoms with Gasteiger partial charge < -0.3 is 9.67 Å². The van der Waals surface area contributed by atoms with Gasteiger partial charge in [0.15, 0.2) is 0 Å². The van der Waals surface area contributed by atoms with Crippen molar-refractivity contribution >= 4 is 28.6 Å². The Hall–Kier alpha value is -1.59. The van der Waals surface area contributed by atoms with Crippen LogP contribution in [0.3, 0.4) is 0 Å². The summed E-state index contributed by atoms with van der Waals surface area (Å²) in [5.74, 6) is -0.0136. The normalized spacial score (nSPS) is 12.7. The fourth-order valence-corrected chi connectivity index (χ4v) is 2.48. The number of carbonyl (C=O) groups is 1. The predicted molar refractivity (Wildman–Crippen MR) is 83.5 cm³/mol. The van der Waals surface area contributed by atoms with E-state index in [0.717, 1.165) is 29.7 Å². The van der Waals surface area contributed by atoms with Crippen LogP contribution in [0.5, 0.6) is 0 Å². The van der Waals surface area contributed by atoms with E-state index in [1.54, 1.807) is 0 Å². The van der Waals surface area contributed by atoms with Gasteiger partial charge in [0, 0.05) is 12.1 Å². The minimum atomic E-state index is -0.815. The van der Waals surface area contributed by atoms with E-state index in [9.17, 15) is 9.90 Å². The molecule has 0 saturated carbocycles. The van der Waals surface area contributed by atoms with Crippen molar-refractivity contribution in [2.75, 3.05) is 0 Å². The van der Waals surface area contributed by atoms with Crippen molar-refractivity contribution in [2.45, 2.75) is 38.8 Å². The Balaban J connectivity index is 2.12. The molecular weight excluding hydrogens is 290 g/mol. The van der Waals surface area contributed by atoms with E-state index in [4.69, 9.17) is 11.6 Å². The van der Waals surface area contributed by atoms with Gasteiger partial charge in [-0.2, -0.15) is 0 Å². The molecule has 0 radical (unpaired) electrons. The molecule has 0 aliphatic heterocycles. The first kappa shape index (κ1) is 15.8. The minimum absolute atomic E-state index is 0.420. The van der Waals surface area contributed by atoms with Crippen LogP contribution in [0.2, 0.25) is 5.02 Å². The Morgan fingerprint density at radius 3 is 2.95 bits per heavy atom. The van der Waals surface area contributed by atoms with Gasteiger partial charge in [-0.05, 0) is 24.6 Å². The second-order valence-electron chi connectivity index (χ2n) is 5.13. The first-order valence-corrected chi connectivity index (χ1v) is 7.47. The van der Waals surface area contributed by atoms with E-state index < -0.39 is 12.0 Å². The number of unbranched alkanes of at least 4 members (excludes halogenated alkanes) is 1. The lowest BCUT2D eigenvalue weighted by Crippen LogP contribution is -2.36. The molecule has 1 aromatic carbocycles. The lowest BCUT2D eigenvalue weighted by molar-refractivity contribution is -0.139. The third-order valence-electron chi connectivity index (χ3n) is 3.59. The van der Waals surface area contributed by atoms with Gasteiger partial charge >= 0.3 is 5.97 Å². The number of imidazole rings is 1. The van der Waals surface area contributed by atoms with Crippen LogP contribution in [0.4, 0.5) is 0 Å². The maximum absolute atomic E-state index is 11.2.